The molecule has 0 saturated carbocycles. The molecule has 17 heavy (non-hydrogen) atoms. The lowest BCUT2D eigenvalue weighted by Crippen LogP contribution is -2.12. The third-order valence-corrected chi connectivity index (χ3v) is 2.70. The first-order chi connectivity index (χ1) is 8.31. The molecule has 8 heteroatoms. The van der Waals surface area contributed by atoms with Crippen LogP contribution in [0, 0.1) is 0 Å². The molecule has 0 aliphatic heterocycles. The van der Waals surface area contributed by atoms with Gasteiger partial charge in [-0.15, -0.1) is 0 Å². The quantitative estimate of drug-likeness (QED) is 0.463. The molecule has 2 aromatic rings. The van der Waals surface area contributed by atoms with Crippen molar-refractivity contribution in [2.45, 2.75) is 10.9 Å². The minimum Gasteiger partial charge on any atom is -0.468 e. The van der Waals surface area contributed by atoms with Gasteiger partial charge >= 0.3 is 6.01 Å². The van der Waals surface area contributed by atoms with Crippen LogP contribution >= 0.6 is 11.8 Å². The molecule has 0 spiro atoms. The molecule has 0 saturated heterocycles. The summed E-state index contributed by atoms with van der Waals surface area (Å²) in [6.45, 7) is 0. The summed E-state index contributed by atoms with van der Waals surface area (Å²) in [6, 6.07) is 3.93. The standard InChI is InChI=1S/C9H11N5O2S/c1-15-8-11-7(14-10)12-9(13-8)17-5-6-3-2-4-16-6/h2-4H,5,10H2,1H3,(H,11,12,13,14). The molecule has 0 bridgehead atoms. The van der Waals surface area contributed by atoms with Crippen molar-refractivity contribution in [1.82, 2.24) is 15.0 Å². The number of nitrogens with one attached hydrogen (secondary N) is 1. The highest BCUT2D eigenvalue weighted by Crippen LogP contribution is 2.21. The predicted octanol–water partition coefficient (Wildman–Crippen LogP) is 1.05. The molecular formula is C9H11N5O2S. The van der Waals surface area contributed by atoms with E-state index in [0.717, 1.165) is 5.76 Å². The number of hydrazine groups is 1. The Morgan fingerprint density at radius 3 is 3.00 bits per heavy atom. The summed E-state index contributed by atoms with van der Waals surface area (Å²) in [5, 5.41) is 0.515. The molecular weight excluding hydrogens is 242 g/mol. The molecule has 2 aromatic heterocycles. The lowest BCUT2D eigenvalue weighted by Gasteiger charge is -2.04. The molecule has 0 atom stereocenters. The fourth-order valence-corrected chi connectivity index (χ4v) is 1.82. The number of anilines is 1. The van der Waals surface area contributed by atoms with Gasteiger partial charge in [-0.3, -0.25) is 5.43 Å². The van der Waals surface area contributed by atoms with E-state index < -0.39 is 0 Å². The van der Waals surface area contributed by atoms with Gasteiger partial charge in [-0.2, -0.15) is 15.0 Å². The minimum absolute atomic E-state index is 0.217. The Labute approximate surface area is 102 Å². The van der Waals surface area contributed by atoms with Crippen molar-refractivity contribution < 1.29 is 9.15 Å². The van der Waals surface area contributed by atoms with Crippen molar-refractivity contribution in [2.75, 3.05) is 12.5 Å². The smallest absolute Gasteiger partial charge is 0.321 e. The summed E-state index contributed by atoms with van der Waals surface area (Å²) >= 11 is 1.41. The second kappa shape index (κ2) is 5.51. The Bertz CT molecular complexity index is 454. The van der Waals surface area contributed by atoms with E-state index in [0.29, 0.717) is 10.9 Å². The van der Waals surface area contributed by atoms with Crippen molar-refractivity contribution >= 4 is 17.7 Å². The Morgan fingerprint density at radius 1 is 1.47 bits per heavy atom. The number of furan rings is 1. The summed E-state index contributed by atoms with van der Waals surface area (Å²) in [7, 11) is 1.48. The number of hydrogen-bond donors (Lipinski definition) is 2. The average Bonchev–Trinajstić information content (AvgIpc) is 2.89. The summed E-state index contributed by atoms with van der Waals surface area (Å²) in [6.07, 6.45) is 1.62. The van der Waals surface area contributed by atoms with Crippen LogP contribution in [0.15, 0.2) is 28.0 Å². The van der Waals surface area contributed by atoms with Gasteiger partial charge in [-0.05, 0) is 12.1 Å². The van der Waals surface area contributed by atoms with Gasteiger partial charge in [-0.1, -0.05) is 11.8 Å². The first-order valence-electron chi connectivity index (χ1n) is 4.73. The number of nitrogens with two attached hydrogens (primary N) is 1. The maximum Gasteiger partial charge on any atom is 0.321 e. The van der Waals surface area contributed by atoms with Crippen LogP contribution in [0.2, 0.25) is 0 Å². The maximum atomic E-state index is 5.25. The molecule has 0 aromatic carbocycles. The predicted molar refractivity (Wildman–Crippen MR) is 62.5 cm³/mol. The van der Waals surface area contributed by atoms with Crippen LogP contribution < -0.4 is 16.0 Å². The number of aromatic nitrogens is 3. The van der Waals surface area contributed by atoms with Gasteiger partial charge in [0.2, 0.25) is 5.95 Å². The van der Waals surface area contributed by atoms with Gasteiger partial charge in [0.1, 0.15) is 5.76 Å². The number of hydrogen-bond acceptors (Lipinski definition) is 8. The lowest BCUT2D eigenvalue weighted by atomic mass is 10.5. The number of nitrogen functional groups attached to an aromatic ring is 1. The SMILES string of the molecule is COc1nc(NN)nc(SCc2ccco2)n1. The van der Waals surface area contributed by atoms with Crippen LogP contribution in [0.25, 0.3) is 0 Å². The van der Waals surface area contributed by atoms with Gasteiger partial charge in [-0.25, -0.2) is 5.84 Å². The molecule has 90 valence electrons. The summed E-state index contributed by atoms with van der Waals surface area (Å²) in [4.78, 5) is 12.1. The number of methoxy groups -OCH3 is 1. The Kier molecular flexibility index (Phi) is 3.78. The van der Waals surface area contributed by atoms with Crippen LogP contribution in [-0.2, 0) is 5.75 Å². The highest BCUT2D eigenvalue weighted by atomic mass is 32.2. The molecule has 0 unspecified atom stereocenters. The van der Waals surface area contributed by atoms with E-state index in [9.17, 15) is 0 Å². The van der Waals surface area contributed by atoms with E-state index in [-0.39, 0.29) is 12.0 Å². The van der Waals surface area contributed by atoms with Crippen LogP contribution in [0.1, 0.15) is 5.76 Å². The molecule has 2 rings (SSSR count). The third kappa shape index (κ3) is 3.08. The van der Waals surface area contributed by atoms with Gasteiger partial charge in [0, 0.05) is 0 Å². The minimum atomic E-state index is 0.217. The van der Waals surface area contributed by atoms with Crippen molar-refractivity contribution in [3.05, 3.63) is 24.2 Å². The summed E-state index contributed by atoms with van der Waals surface area (Å²) in [5.41, 5.74) is 2.36. The number of ether oxygens (including phenoxy) is 1. The van der Waals surface area contributed by atoms with Gasteiger partial charge < -0.3 is 9.15 Å². The van der Waals surface area contributed by atoms with E-state index in [2.05, 4.69) is 20.4 Å². The first kappa shape index (κ1) is 11.7. The van der Waals surface area contributed by atoms with Crippen LogP contribution in [0.5, 0.6) is 6.01 Å². The molecule has 7 nitrogen and oxygen atoms in total. The van der Waals surface area contributed by atoms with Crippen LogP contribution in [0.4, 0.5) is 5.95 Å². The highest BCUT2D eigenvalue weighted by molar-refractivity contribution is 7.98. The zero-order valence-corrected chi connectivity index (χ0v) is 9.90. The summed E-state index contributed by atoms with van der Waals surface area (Å²) in [5.74, 6) is 6.98. The van der Waals surface area contributed by atoms with Crippen molar-refractivity contribution in [1.29, 1.82) is 0 Å². The van der Waals surface area contributed by atoms with Crippen molar-refractivity contribution in [3.63, 3.8) is 0 Å². The fourth-order valence-electron chi connectivity index (χ4n) is 1.09. The lowest BCUT2D eigenvalue weighted by molar-refractivity contribution is 0.373. The van der Waals surface area contributed by atoms with E-state index in [1.165, 1.54) is 18.9 Å². The first-order valence-corrected chi connectivity index (χ1v) is 5.72. The van der Waals surface area contributed by atoms with Crippen molar-refractivity contribution in [3.8, 4) is 6.01 Å². The van der Waals surface area contributed by atoms with Crippen LogP contribution in [-0.4, -0.2) is 22.1 Å². The van der Waals surface area contributed by atoms with Gasteiger partial charge in [0.25, 0.3) is 0 Å². The molecule has 2 heterocycles. The largest absolute Gasteiger partial charge is 0.468 e. The fraction of sp³-hybridized carbons (Fsp3) is 0.222. The highest BCUT2D eigenvalue weighted by Gasteiger charge is 2.07. The van der Waals surface area contributed by atoms with Crippen LogP contribution in [0.3, 0.4) is 0 Å². The summed E-state index contributed by atoms with van der Waals surface area (Å²) < 4.78 is 10.1. The molecule has 0 aliphatic carbocycles. The zero-order valence-electron chi connectivity index (χ0n) is 9.08. The number of rotatable bonds is 5. The molecule has 0 amide bonds. The van der Waals surface area contributed by atoms with Crippen molar-refractivity contribution in [2.24, 2.45) is 5.84 Å². The normalized spacial score (nSPS) is 10.2. The van der Waals surface area contributed by atoms with E-state index in [1.54, 1.807) is 6.26 Å². The average molecular weight is 253 g/mol. The Balaban J connectivity index is 2.09. The van der Waals surface area contributed by atoms with E-state index in [1.807, 2.05) is 12.1 Å². The van der Waals surface area contributed by atoms with Gasteiger partial charge in [0.15, 0.2) is 5.16 Å². The van der Waals surface area contributed by atoms with Gasteiger partial charge in [0.05, 0.1) is 19.1 Å². The second-order valence-corrected chi connectivity index (χ2v) is 3.88. The van der Waals surface area contributed by atoms with E-state index in [4.69, 9.17) is 15.0 Å². The molecule has 0 aliphatic rings. The third-order valence-electron chi connectivity index (χ3n) is 1.83. The maximum absolute atomic E-state index is 5.25. The van der Waals surface area contributed by atoms with E-state index >= 15 is 0 Å². The monoisotopic (exact) mass is 253 g/mol. The zero-order chi connectivity index (χ0) is 12.1. The molecule has 0 fully saturated rings. The second-order valence-electron chi connectivity index (χ2n) is 2.94. The Morgan fingerprint density at radius 2 is 2.35 bits per heavy atom. The topological polar surface area (TPSA) is 99.1 Å². The molecule has 0 radical (unpaired) electrons. The number of thioether (sulfide) groups is 1. The number of nitrogens with zero attached hydrogens (tertiary/aromatic N) is 3. The molecule has 3 N–H and O–H groups in total. The Hall–Kier alpha value is -1.80.